The average Bonchev–Trinajstić information content (AvgIpc) is 2.14. The Kier molecular flexibility index (Phi) is 3.19. The van der Waals surface area contributed by atoms with E-state index in [1.54, 1.807) is 0 Å². The molecule has 0 saturated heterocycles. The van der Waals surface area contributed by atoms with E-state index >= 15 is 0 Å². The molecule has 1 unspecified atom stereocenters. The number of hydrogen-bond donors (Lipinski definition) is 3. The molecule has 0 radical (unpaired) electrons. The Labute approximate surface area is 92.0 Å². The molecule has 1 atom stereocenters. The monoisotopic (exact) mass is 228 g/mol. The van der Waals surface area contributed by atoms with E-state index < -0.39 is 23.3 Å². The second-order valence-electron chi connectivity index (χ2n) is 4.17. The lowest BCUT2D eigenvalue weighted by Gasteiger charge is -2.26. The van der Waals surface area contributed by atoms with Crippen molar-refractivity contribution in [3.8, 4) is 5.75 Å². The summed E-state index contributed by atoms with van der Waals surface area (Å²) in [4.78, 5) is 10.9. The quantitative estimate of drug-likeness (QED) is 0.735. The molecule has 1 aromatic carbocycles. The first kappa shape index (κ1) is 12.4. The summed E-state index contributed by atoms with van der Waals surface area (Å²) in [7, 11) is 0. The number of carboxylic acids is 1. The first-order valence-electron chi connectivity index (χ1n) is 4.66. The molecule has 5 heteroatoms. The number of carbonyl (C=O) groups is 1. The van der Waals surface area contributed by atoms with Crippen molar-refractivity contribution in [3.63, 3.8) is 0 Å². The average molecular weight is 228 g/mol. The second-order valence-corrected chi connectivity index (χ2v) is 4.17. The van der Waals surface area contributed by atoms with E-state index in [0.717, 1.165) is 18.2 Å². The van der Waals surface area contributed by atoms with Gasteiger partial charge in [-0.05, 0) is 31.5 Å². The highest BCUT2D eigenvalue weighted by atomic mass is 19.1. The van der Waals surface area contributed by atoms with Crippen LogP contribution in [0.4, 0.5) is 4.39 Å². The molecule has 0 fully saturated rings. The number of halogens is 1. The Morgan fingerprint density at radius 2 is 1.94 bits per heavy atom. The van der Waals surface area contributed by atoms with Crippen LogP contribution in [0, 0.1) is 11.2 Å². The van der Waals surface area contributed by atoms with Crippen LogP contribution < -0.4 is 0 Å². The number of phenolic OH excluding ortho intramolecular Hbond substituents is 1. The smallest absolute Gasteiger partial charge is 0.312 e. The zero-order valence-corrected chi connectivity index (χ0v) is 8.94. The summed E-state index contributed by atoms with van der Waals surface area (Å²) in [6.07, 6.45) is -1.40. The molecule has 1 rings (SSSR count). The summed E-state index contributed by atoms with van der Waals surface area (Å²) < 4.78 is 13.0. The maximum atomic E-state index is 13.0. The van der Waals surface area contributed by atoms with Crippen molar-refractivity contribution in [1.29, 1.82) is 0 Å². The Morgan fingerprint density at radius 1 is 1.38 bits per heavy atom. The highest BCUT2D eigenvalue weighted by molar-refractivity contribution is 5.74. The lowest BCUT2D eigenvalue weighted by molar-refractivity contribution is -0.153. The third-order valence-corrected chi connectivity index (χ3v) is 2.46. The summed E-state index contributed by atoms with van der Waals surface area (Å²) in [5.41, 5.74) is -1.43. The Bertz CT molecular complexity index is 394. The predicted molar refractivity (Wildman–Crippen MR) is 54.4 cm³/mol. The van der Waals surface area contributed by atoms with Crippen LogP contribution >= 0.6 is 0 Å². The third-order valence-electron chi connectivity index (χ3n) is 2.46. The summed E-state index contributed by atoms with van der Waals surface area (Å²) in [6.45, 7) is 2.64. The first-order chi connectivity index (χ1) is 7.25. The Morgan fingerprint density at radius 3 is 2.38 bits per heavy atom. The number of carboxylic acid groups (broad SMARTS) is 1. The molecule has 0 aliphatic rings. The highest BCUT2D eigenvalue weighted by Crippen LogP contribution is 2.35. The number of aliphatic hydroxyl groups excluding tert-OH is 1. The number of aliphatic carboxylic acids is 1. The predicted octanol–water partition coefficient (Wildman–Crippen LogP) is 1.68. The molecular weight excluding hydrogens is 215 g/mol. The number of phenols is 1. The van der Waals surface area contributed by atoms with Crippen LogP contribution in [-0.4, -0.2) is 21.3 Å². The zero-order valence-electron chi connectivity index (χ0n) is 8.94. The van der Waals surface area contributed by atoms with Crippen LogP contribution in [0.25, 0.3) is 0 Å². The van der Waals surface area contributed by atoms with Crippen molar-refractivity contribution in [1.82, 2.24) is 0 Å². The molecular formula is C11H13FO4. The van der Waals surface area contributed by atoms with Gasteiger partial charge in [-0.2, -0.15) is 0 Å². The molecule has 1 aromatic rings. The minimum Gasteiger partial charge on any atom is -0.508 e. The molecule has 16 heavy (non-hydrogen) atoms. The second kappa shape index (κ2) is 4.09. The molecule has 0 aromatic heterocycles. The van der Waals surface area contributed by atoms with Gasteiger partial charge in [-0.3, -0.25) is 4.79 Å². The maximum absolute atomic E-state index is 13.0. The van der Waals surface area contributed by atoms with Gasteiger partial charge in [0.2, 0.25) is 0 Å². The number of aromatic hydroxyl groups is 1. The van der Waals surface area contributed by atoms with Crippen LogP contribution in [-0.2, 0) is 4.79 Å². The molecule has 88 valence electrons. The summed E-state index contributed by atoms with van der Waals surface area (Å²) >= 11 is 0. The molecule has 3 N–H and O–H groups in total. The van der Waals surface area contributed by atoms with Crippen LogP contribution in [0.5, 0.6) is 5.75 Å². The molecule has 0 spiro atoms. The van der Waals surface area contributed by atoms with Gasteiger partial charge in [0.25, 0.3) is 0 Å². The molecule has 0 aliphatic carbocycles. The van der Waals surface area contributed by atoms with Gasteiger partial charge >= 0.3 is 5.97 Å². The highest BCUT2D eigenvalue weighted by Gasteiger charge is 2.37. The van der Waals surface area contributed by atoms with Crippen molar-refractivity contribution in [2.24, 2.45) is 5.41 Å². The van der Waals surface area contributed by atoms with E-state index in [1.165, 1.54) is 13.8 Å². The third kappa shape index (κ3) is 2.30. The van der Waals surface area contributed by atoms with Crippen LogP contribution in [0.3, 0.4) is 0 Å². The SMILES string of the molecule is CC(C)(C(=O)O)C(O)c1cc(O)cc(F)c1. The summed E-state index contributed by atoms with van der Waals surface area (Å²) in [5.74, 6) is -2.28. The van der Waals surface area contributed by atoms with Gasteiger partial charge in [-0.1, -0.05) is 0 Å². The molecule has 0 aliphatic heterocycles. The summed E-state index contributed by atoms with van der Waals surface area (Å²) in [5, 5.41) is 27.9. The minimum absolute atomic E-state index is 0.0323. The normalized spacial score (nSPS) is 13.5. The lowest BCUT2D eigenvalue weighted by Crippen LogP contribution is -2.31. The van der Waals surface area contributed by atoms with E-state index in [-0.39, 0.29) is 11.3 Å². The number of hydrogen-bond acceptors (Lipinski definition) is 3. The van der Waals surface area contributed by atoms with Crippen LogP contribution in [0.2, 0.25) is 0 Å². The number of aliphatic hydroxyl groups is 1. The Balaban J connectivity index is 3.14. The molecule has 0 heterocycles. The topological polar surface area (TPSA) is 77.8 Å². The fourth-order valence-corrected chi connectivity index (χ4v) is 1.29. The van der Waals surface area contributed by atoms with Gasteiger partial charge in [0.15, 0.2) is 0 Å². The van der Waals surface area contributed by atoms with Crippen LogP contribution in [0.1, 0.15) is 25.5 Å². The van der Waals surface area contributed by atoms with Crippen molar-refractivity contribution in [2.75, 3.05) is 0 Å². The van der Waals surface area contributed by atoms with Crippen molar-refractivity contribution < 1.29 is 24.5 Å². The summed E-state index contributed by atoms with van der Waals surface area (Å²) in [6, 6.07) is 3.01. The van der Waals surface area contributed by atoms with Gasteiger partial charge in [0.1, 0.15) is 11.6 Å². The maximum Gasteiger partial charge on any atom is 0.312 e. The molecule has 0 bridgehead atoms. The van der Waals surface area contributed by atoms with Gasteiger partial charge in [0, 0.05) is 6.07 Å². The number of benzene rings is 1. The van der Waals surface area contributed by atoms with Gasteiger partial charge < -0.3 is 15.3 Å². The van der Waals surface area contributed by atoms with Crippen molar-refractivity contribution >= 4 is 5.97 Å². The van der Waals surface area contributed by atoms with Crippen molar-refractivity contribution in [3.05, 3.63) is 29.6 Å². The van der Waals surface area contributed by atoms with Crippen LogP contribution in [0.15, 0.2) is 18.2 Å². The van der Waals surface area contributed by atoms with E-state index in [2.05, 4.69) is 0 Å². The largest absolute Gasteiger partial charge is 0.508 e. The standard InChI is InChI=1S/C11H13FO4/c1-11(2,10(15)16)9(14)6-3-7(12)5-8(13)4-6/h3-5,9,13-14H,1-2H3,(H,15,16). The lowest BCUT2D eigenvalue weighted by atomic mass is 9.83. The van der Waals surface area contributed by atoms with E-state index in [1.807, 2.05) is 0 Å². The molecule has 0 saturated carbocycles. The first-order valence-corrected chi connectivity index (χ1v) is 4.66. The molecule has 0 amide bonds. The van der Waals surface area contributed by atoms with Crippen molar-refractivity contribution in [2.45, 2.75) is 20.0 Å². The van der Waals surface area contributed by atoms with E-state index in [9.17, 15) is 14.3 Å². The fourth-order valence-electron chi connectivity index (χ4n) is 1.29. The van der Waals surface area contributed by atoms with Gasteiger partial charge in [0.05, 0.1) is 11.5 Å². The zero-order chi connectivity index (χ0) is 12.5. The Hall–Kier alpha value is -1.62. The van der Waals surface area contributed by atoms with Gasteiger partial charge in [-0.25, -0.2) is 4.39 Å². The van der Waals surface area contributed by atoms with E-state index in [0.29, 0.717) is 0 Å². The van der Waals surface area contributed by atoms with Gasteiger partial charge in [-0.15, -0.1) is 0 Å². The number of rotatable bonds is 3. The van der Waals surface area contributed by atoms with E-state index in [4.69, 9.17) is 10.2 Å². The fraction of sp³-hybridized carbons (Fsp3) is 0.364. The minimum atomic E-state index is -1.46. The molecule has 4 nitrogen and oxygen atoms in total.